The van der Waals surface area contributed by atoms with Crippen molar-refractivity contribution in [1.29, 1.82) is 5.26 Å². The van der Waals surface area contributed by atoms with Crippen LogP contribution in [-0.2, 0) is 17.7 Å². The van der Waals surface area contributed by atoms with E-state index in [-0.39, 0.29) is 33.6 Å². The first-order valence-electron chi connectivity index (χ1n) is 15.9. The molecule has 0 aliphatic carbocycles. The van der Waals surface area contributed by atoms with Crippen molar-refractivity contribution >= 4 is 45.2 Å². The molecule has 14 heteroatoms. The fourth-order valence-electron chi connectivity index (χ4n) is 6.23. The van der Waals surface area contributed by atoms with Gasteiger partial charge < -0.3 is 28.9 Å². The summed E-state index contributed by atoms with van der Waals surface area (Å²) in [7, 11) is 2.05. The number of nitrogens with zero attached hydrogens (tertiary/aromatic N) is 7. The maximum atomic E-state index is 14.9. The number of amides is 1. The molecule has 1 fully saturated rings. The predicted molar refractivity (Wildman–Crippen MR) is 182 cm³/mol. The van der Waals surface area contributed by atoms with E-state index in [2.05, 4.69) is 32.2 Å². The van der Waals surface area contributed by atoms with Crippen LogP contribution < -0.4 is 14.4 Å². The van der Waals surface area contributed by atoms with E-state index in [1.54, 1.807) is 11.0 Å². The van der Waals surface area contributed by atoms with Crippen molar-refractivity contribution in [2.24, 2.45) is 0 Å². The second-order valence-electron chi connectivity index (χ2n) is 13.1. The van der Waals surface area contributed by atoms with Crippen LogP contribution in [0.15, 0.2) is 42.7 Å². The lowest BCUT2D eigenvalue weighted by Gasteiger charge is -2.37. The summed E-state index contributed by atoms with van der Waals surface area (Å²) >= 11 is 6.42. The van der Waals surface area contributed by atoms with Crippen LogP contribution in [0, 0.1) is 17.1 Å². The number of piperazine rings is 1. The van der Waals surface area contributed by atoms with Crippen LogP contribution in [0.5, 0.6) is 23.3 Å². The predicted octanol–water partition coefficient (Wildman–Crippen LogP) is 6.80. The van der Waals surface area contributed by atoms with Gasteiger partial charge in [0.05, 0.1) is 22.8 Å². The van der Waals surface area contributed by atoms with Gasteiger partial charge in [-0.15, -0.1) is 0 Å². The number of fused-ring (bicyclic) bond motifs is 3. The van der Waals surface area contributed by atoms with Crippen LogP contribution in [0.25, 0.3) is 21.8 Å². The number of benzene rings is 2. The third-order valence-corrected chi connectivity index (χ3v) is 8.94. The molecule has 2 aromatic carbocycles. The van der Waals surface area contributed by atoms with Crippen LogP contribution in [0.3, 0.4) is 0 Å². The molecule has 1 N–H and O–H groups in total. The topological polar surface area (TPSA) is 133 Å². The van der Waals surface area contributed by atoms with E-state index in [1.807, 2.05) is 44.9 Å². The van der Waals surface area contributed by atoms with Gasteiger partial charge >= 0.3 is 6.09 Å². The molecule has 5 heterocycles. The van der Waals surface area contributed by atoms with Crippen LogP contribution in [-0.4, -0.2) is 81.4 Å². The number of halogens is 2. The summed E-state index contributed by atoms with van der Waals surface area (Å²) in [5.74, 6) is 0.0161. The zero-order valence-electron chi connectivity index (χ0n) is 27.5. The molecule has 3 aromatic heterocycles. The molecule has 12 nitrogen and oxygen atoms in total. The van der Waals surface area contributed by atoms with Crippen LogP contribution in [0.4, 0.5) is 14.9 Å². The summed E-state index contributed by atoms with van der Waals surface area (Å²) in [6.45, 7) is 8.62. The van der Waals surface area contributed by atoms with Crippen molar-refractivity contribution in [2.75, 3.05) is 44.7 Å². The first kappa shape index (κ1) is 32.4. The molecule has 2 aliphatic heterocycles. The molecular weight excluding hydrogens is 651 g/mol. The van der Waals surface area contributed by atoms with E-state index in [0.717, 1.165) is 18.5 Å². The average molecular weight is 685 g/mol. The van der Waals surface area contributed by atoms with Gasteiger partial charge in [-0.2, -0.15) is 10.4 Å². The third-order valence-electron chi connectivity index (χ3n) is 8.59. The summed E-state index contributed by atoms with van der Waals surface area (Å²) in [5, 5.41) is 18.2. The summed E-state index contributed by atoms with van der Waals surface area (Å²) < 4.78 is 33.3. The van der Waals surface area contributed by atoms with Crippen molar-refractivity contribution in [2.45, 2.75) is 39.3 Å². The third kappa shape index (κ3) is 6.25. The highest BCUT2D eigenvalue weighted by Gasteiger charge is 2.31. The van der Waals surface area contributed by atoms with Crippen molar-refractivity contribution in [3.05, 3.63) is 70.3 Å². The zero-order valence-corrected chi connectivity index (χ0v) is 28.3. The van der Waals surface area contributed by atoms with E-state index in [9.17, 15) is 14.4 Å². The van der Waals surface area contributed by atoms with Crippen molar-refractivity contribution in [3.8, 4) is 29.3 Å². The molecule has 0 saturated carbocycles. The molecule has 252 valence electrons. The van der Waals surface area contributed by atoms with Crippen molar-refractivity contribution < 1.29 is 23.4 Å². The Balaban J connectivity index is 1.35. The van der Waals surface area contributed by atoms with Gasteiger partial charge in [-0.3, -0.25) is 5.10 Å². The molecule has 0 unspecified atom stereocenters. The fourth-order valence-corrected chi connectivity index (χ4v) is 6.42. The van der Waals surface area contributed by atoms with Crippen LogP contribution in [0.2, 0.25) is 5.02 Å². The first-order valence-corrected chi connectivity index (χ1v) is 16.3. The van der Waals surface area contributed by atoms with E-state index in [4.69, 9.17) is 30.8 Å². The molecule has 2 aliphatic rings. The van der Waals surface area contributed by atoms with Gasteiger partial charge in [-0.1, -0.05) is 23.7 Å². The fraction of sp³-hybridized carbons (Fsp3) is 0.343. The zero-order chi connectivity index (χ0) is 34.4. The monoisotopic (exact) mass is 684 g/mol. The lowest BCUT2D eigenvalue weighted by molar-refractivity contribution is 0.0240. The number of pyridine rings is 2. The number of nitriles is 1. The van der Waals surface area contributed by atoms with Gasteiger partial charge in [0.25, 0.3) is 0 Å². The van der Waals surface area contributed by atoms with Gasteiger partial charge in [0.2, 0.25) is 11.8 Å². The Bertz CT molecular complexity index is 2130. The Kier molecular flexibility index (Phi) is 8.38. The quantitative estimate of drug-likeness (QED) is 0.211. The lowest BCUT2D eigenvalue weighted by Crippen LogP contribution is -2.50. The Morgan fingerprint density at radius 3 is 2.63 bits per heavy atom. The number of carbonyl (C=O) groups excluding carboxylic acids is 1. The molecule has 0 atom stereocenters. The number of aromatic amines is 1. The highest BCUT2D eigenvalue weighted by Crippen LogP contribution is 2.44. The number of anilines is 1. The first-order chi connectivity index (χ1) is 23.5. The SMILES string of the molecule is CN1CCc2cccc(Oc3nc4c(Oc5c(Cl)c(F)cc6[nH]ncc56)nccc4c(N4CCN(C(=O)OC(C)(C)C)CC4)c3C#N)c2C1. The van der Waals surface area contributed by atoms with E-state index >= 15 is 0 Å². The van der Waals surface area contributed by atoms with E-state index < -0.39 is 17.5 Å². The number of nitrogens with one attached hydrogen (secondary N) is 1. The van der Waals surface area contributed by atoms with Gasteiger partial charge in [0.1, 0.15) is 39.3 Å². The molecule has 49 heavy (non-hydrogen) atoms. The van der Waals surface area contributed by atoms with Gasteiger partial charge in [-0.05, 0) is 51.9 Å². The van der Waals surface area contributed by atoms with E-state index in [1.165, 1.54) is 24.0 Å². The number of hydrogen-bond acceptors (Lipinski definition) is 10. The van der Waals surface area contributed by atoms with Crippen molar-refractivity contribution in [3.63, 3.8) is 0 Å². The van der Waals surface area contributed by atoms with Gasteiger partial charge in [0, 0.05) is 62.5 Å². The Morgan fingerprint density at radius 1 is 1.08 bits per heavy atom. The maximum Gasteiger partial charge on any atom is 0.410 e. The second-order valence-corrected chi connectivity index (χ2v) is 13.5. The molecule has 1 amide bonds. The second kappa shape index (κ2) is 12.7. The lowest BCUT2D eigenvalue weighted by atomic mass is 9.99. The summed E-state index contributed by atoms with van der Waals surface area (Å²) in [5.41, 5.74) is 3.01. The molecule has 7 rings (SSSR count). The minimum Gasteiger partial charge on any atom is -0.444 e. The molecule has 0 bridgehead atoms. The highest BCUT2D eigenvalue weighted by molar-refractivity contribution is 6.33. The van der Waals surface area contributed by atoms with Crippen LogP contribution >= 0.6 is 11.6 Å². The standard InChI is InChI=1S/C35H34ClFN8O4/c1-35(2,3)49-34(46)45-14-12-44(13-15-45)30-21-8-10-39-33(48-31-23-18-40-42-26(23)16-25(37)28(31)36)29(21)41-32(22(30)17-38)47-27-7-5-6-20-9-11-43(4)19-24(20)27/h5-8,10,16,18H,9,11-15,19H2,1-4H3,(H,40,42). The number of H-pyrrole nitrogens is 1. The number of likely N-dealkylation sites (N-methyl/N-ethyl adjacent to an activating group) is 1. The summed E-state index contributed by atoms with van der Waals surface area (Å²) in [4.78, 5) is 28.1. The van der Waals surface area contributed by atoms with Gasteiger partial charge in [-0.25, -0.2) is 19.2 Å². The van der Waals surface area contributed by atoms with Gasteiger partial charge in [0.15, 0.2) is 5.75 Å². The average Bonchev–Trinajstić information content (AvgIpc) is 3.54. The molecule has 5 aromatic rings. The van der Waals surface area contributed by atoms with E-state index in [0.29, 0.717) is 60.4 Å². The molecule has 0 radical (unpaired) electrons. The normalized spacial score (nSPS) is 15.3. The molecular formula is C35H34ClFN8O4. The van der Waals surface area contributed by atoms with Crippen molar-refractivity contribution in [1.82, 2.24) is 30.0 Å². The number of carbonyl (C=O) groups is 1. The molecule has 0 spiro atoms. The molecule has 1 saturated heterocycles. The number of rotatable bonds is 5. The number of aromatic nitrogens is 4. The van der Waals surface area contributed by atoms with Crippen LogP contribution in [0.1, 0.15) is 37.5 Å². The minimum atomic E-state index is -0.695. The summed E-state index contributed by atoms with van der Waals surface area (Å²) in [6.07, 6.45) is 3.49. The Labute approximate surface area is 286 Å². The number of ether oxygens (including phenoxy) is 3. The maximum absolute atomic E-state index is 14.9. The number of hydrogen-bond donors (Lipinski definition) is 1. The Morgan fingerprint density at radius 2 is 1.88 bits per heavy atom. The summed E-state index contributed by atoms with van der Waals surface area (Å²) in [6, 6.07) is 11.2. The Hall–Kier alpha value is -5.19. The highest BCUT2D eigenvalue weighted by atomic mass is 35.5. The largest absolute Gasteiger partial charge is 0.444 e. The smallest absolute Gasteiger partial charge is 0.410 e. The minimum absolute atomic E-state index is 0.0201.